The Morgan fingerprint density at radius 1 is 1.41 bits per heavy atom. The van der Waals surface area contributed by atoms with Crippen LogP contribution >= 0.6 is 0 Å². The Morgan fingerprint density at radius 3 is 3.22 bits per heavy atom. The molecule has 0 radical (unpaired) electrons. The topological polar surface area (TPSA) is 93.5 Å². The second-order valence-corrected chi connectivity index (χ2v) is 6.52. The molecule has 8 heteroatoms. The van der Waals surface area contributed by atoms with Crippen molar-refractivity contribution < 1.29 is 4.74 Å². The molecule has 0 bridgehead atoms. The number of H-pyrrole nitrogens is 1. The zero-order valence-electron chi connectivity index (χ0n) is 15.2. The van der Waals surface area contributed by atoms with Gasteiger partial charge in [-0.25, -0.2) is 9.67 Å². The highest BCUT2D eigenvalue weighted by atomic mass is 16.5. The molecular formula is C19H23N7O. The molecule has 2 N–H and O–H groups in total. The number of hydrogen-bond acceptors (Lipinski definition) is 6. The summed E-state index contributed by atoms with van der Waals surface area (Å²) in [5.74, 6) is 0.758. The first-order valence-corrected chi connectivity index (χ1v) is 9.20. The number of aromatic amines is 1. The molecule has 0 amide bonds. The maximum atomic E-state index is 5.74. The van der Waals surface area contributed by atoms with Crippen molar-refractivity contribution in [2.45, 2.75) is 38.5 Å². The standard InChI is InChI=1S/C19H23N7O/c1-2-3-4-7-17(22-14-8-9-16-18(11-14)21-13-20-16)19-23-24-25-26(19)12-15-6-5-10-27-15/h2-4,7-9,11,13,15,17,22H,5-6,10,12H2,1H3,(H,20,21). The van der Waals surface area contributed by atoms with Gasteiger partial charge in [-0.05, 0) is 48.4 Å². The molecule has 1 aromatic carbocycles. The van der Waals surface area contributed by atoms with Crippen LogP contribution in [0.2, 0.25) is 0 Å². The minimum Gasteiger partial charge on any atom is -0.376 e. The lowest BCUT2D eigenvalue weighted by atomic mass is 10.2. The fourth-order valence-electron chi connectivity index (χ4n) is 3.23. The van der Waals surface area contributed by atoms with Crippen molar-refractivity contribution in [3.8, 4) is 0 Å². The quantitative estimate of drug-likeness (QED) is 0.625. The molecule has 2 aromatic heterocycles. The van der Waals surface area contributed by atoms with E-state index in [9.17, 15) is 0 Å². The van der Waals surface area contributed by atoms with Crippen molar-refractivity contribution >= 4 is 16.7 Å². The lowest BCUT2D eigenvalue weighted by Gasteiger charge is -2.17. The lowest BCUT2D eigenvalue weighted by molar-refractivity contribution is 0.0926. The molecule has 2 unspecified atom stereocenters. The van der Waals surface area contributed by atoms with Crippen molar-refractivity contribution in [1.29, 1.82) is 0 Å². The number of anilines is 1. The van der Waals surface area contributed by atoms with Crippen LogP contribution < -0.4 is 5.32 Å². The Bertz CT molecular complexity index is 936. The molecular weight excluding hydrogens is 342 g/mol. The summed E-state index contributed by atoms with van der Waals surface area (Å²) in [7, 11) is 0. The summed E-state index contributed by atoms with van der Waals surface area (Å²) in [6, 6.07) is 5.86. The maximum Gasteiger partial charge on any atom is 0.177 e. The third-order valence-corrected chi connectivity index (χ3v) is 4.59. The average Bonchev–Trinajstić information content (AvgIpc) is 3.43. The monoisotopic (exact) mass is 365 g/mol. The number of ether oxygens (including phenoxy) is 1. The molecule has 2 atom stereocenters. The van der Waals surface area contributed by atoms with Crippen LogP contribution in [0, 0.1) is 0 Å². The van der Waals surface area contributed by atoms with E-state index < -0.39 is 0 Å². The largest absolute Gasteiger partial charge is 0.376 e. The molecule has 0 saturated carbocycles. The first-order valence-electron chi connectivity index (χ1n) is 9.20. The number of tetrazole rings is 1. The number of rotatable bonds is 7. The Hall–Kier alpha value is -3.00. The van der Waals surface area contributed by atoms with E-state index in [0.29, 0.717) is 6.54 Å². The zero-order chi connectivity index (χ0) is 18.5. The van der Waals surface area contributed by atoms with Gasteiger partial charge in [0.05, 0.1) is 30.0 Å². The van der Waals surface area contributed by atoms with Crippen molar-refractivity contribution in [2.24, 2.45) is 0 Å². The van der Waals surface area contributed by atoms with Gasteiger partial charge in [0.2, 0.25) is 0 Å². The van der Waals surface area contributed by atoms with E-state index in [1.165, 1.54) is 0 Å². The number of hydrogen-bond donors (Lipinski definition) is 2. The van der Waals surface area contributed by atoms with Gasteiger partial charge in [-0.15, -0.1) is 5.10 Å². The molecule has 4 rings (SSSR count). The van der Waals surface area contributed by atoms with Gasteiger partial charge in [0.15, 0.2) is 5.82 Å². The zero-order valence-corrected chi connectivity index (χ0v) is 15.2. The van der Waals surface area contributed by atoms with Gasteiger partial charge >= 0.3 is 0 Å². The highest BCUT2D eigenvalue weighted by Crippen LogP contribution is 2.23. The molecule has 3 heterocycles. The maximum absolute atomic E-state index is 5.74. The summed E-state index contributed by atoms with van der Waals surface area (Å²) in [6.07, 6.45) is 12.0. The minimum atomic E-state index is -0.172. The molecule has 1 fully saturated rings. The summed E-state index contributed by atoms with van der Waals surface area (Å²) in [6.45, 7) is 3.46. The van der Waals surface area contributed by atoms with E-state index in [1.54, 1.807) is 6.33 Å². The van der Waals surface area contributed by atoms with Crippen molar-refractivity contribution in [1.82, 2.24) is 30.2 Å². The average molecular weight is 365 g/mol. The van der Waals surface area contributed by atoms with E-state index >= 15 is 0 Å². The predicted octanol–water partition coefficient (Wildman–Crippen LogP) is 3.01. The van der Waals surface area contributed by atoms with Crippen LogP contribution in [0.1, 0.15) is 31.6 Å². The fraction of sp³-hybridized carbons (Fsp3) is 0.368. The summed E-state index contributed by atoms with van der Waals surface area (Å²) in [5, 5.41) is 15.9. The second-order valence-electron chi connectivity index (χ2n) is 6.52. The van der Waals surface area contributed by atoms with Gasteiger partial charge in [-0.2, -0.15) is 0 Å². The Morgan fingerprint density at radius 2 is 2.37 bits per heavy atom. The molecule has 8 nitrogen and oxygen atoms in total. The van der Waals surface area contributed by atoms with Crippen LogP contribution in [0.4, 0.5) is 5.69 Å². The Kier molecular flexibility index (Phi) is 5.24. The number of allylic oxidation sites excluding steroid dienone is 3. The van der Waals surface area contributed by atoms with Crippen LogP contribution in [0.3, 0.4) is 0 Å². The Labute approximate surface area is 157 Å². The van der Waals surface area contributed by atoms with Crippen molar-refractivity contribution in [2.75, 3.05) is 11.9 Å². The Balaban J connectivity index is 1.59. The number of imidazole rings is 1. The van der Waals surface area contributed by atoms with E-state index in [4.69, 9.17) is 4.74 Å². The number of fused-ring (bicyclic) bond motifs is 1. The van der Waals surface area contributed by atoms with Crippen LogP contribution in [-0.2, 0) is 11.3 Å². The summed E-state index contributed by atoms with van der Waals surface area (Å²) in [5.41, 5.74) is 2.87. The molecule has 27 heavy (non-hydrogen) atoms. The first kappa shape index (κ1) is 17.4. The van der Waals surface area contributed by atoms with E-state index in [0.717, 1.165) is 42.0 Å². The normalized spacial score (nSPS) is 18.8. The van der Waals surface area contributed by atoms with Crippen LogP contribution in [0.25, 0.3) is 11.0 Å². The van der Waals surface area contributed by atoms with Gasteiger partial charge in [0.25, 0.3) is 0 Å². The molecule has 1 aliphatic rings. The fourth-order valence-corrected chi connectivity index (χ4v) is 3.23. The molecule has 3 aromatic rings. The van der Waals surface area contributed by atoms with E-state index in [1.807, 2.05) is 54.1 Å². The van der Waals surface area contributed by atoms with E-state index in [-0.39, 0.29) is 12.1 Å². The summed E-state index contributed by atoms with van der Waals surface area (Å²) >= 11 is 0. The third kappa shape index (κ3) is 4.06. The van der Waals surface area contributed by atoms with Crippen LogP contribution in [0.15, 0.2) is 48.8 Å². The third-order valence-electron chi connectivity index (χ3n) is 4.59. The van der Waals surface area contributed by atoms with E-state index in [2.05, 4.69) is 30.8 Å². The van der Waals surface area contributed by atoms with Crippen molar-refractivity contribution in [3.63, 3.8) is 0 Å². The van der Waals surface area contributed by atoms with Crippen molar-refractivity contribution in [3.05, 3.63) is 54.7 Å². The van der Waals surface area contributed by atoms with Gasteiger partial charge < -0.3 is 15.0 Å². The molecule has 1 aliphatic heterocycles. The highest BCUT2D eigenvalue weighted by Gasteiger charge is 2.22. The van der Waals surface area contributed by atoms with Gasteiger partial charge in [0, 0.05) is 12.3 Å². The van der Waals surface area contributed by atoms with Gasteiger partial charge in [-0.3, -0.25) is 0 Å². The molecule has 140 valence electrons. The molecule has 0 aliphatic carbocycles. The van der Waals surface area contributed by atoms with Gasteiger partial charge in [0.1, 0.15) is 6.04 Å². The molecule has 1 saturated heterocycles. The predicted molar refractivity (Wildman–Crippen MR) is 103 cm³/mol. The lowest BCUT2D eigenvalue weighted by Crippen LogP contribution is -2.21. The number of benzene rings is 1. The smallest absolute Gasteiger partial charge is 0.177 e. The van der Waals surface area contributed by atoms with Gasteiger partial charge in [-0.1, -0.05) is 24.3 Å². The highest BCUT2D eigenvalue weighted by molar-refractivity contribution is 5.78. The van der Waals surface area contributed by atoms with Crippen LogP contribution in [-0.4, -0.2) is 42.9 Å². The molecule has 0 spiro atoms. The van der Waals surface area contributed by atoms with Crippen LogP contribution in [0.5, 0.6) is 0 Å². The number of nitrogens with zero attached hydrogens (tertiary/aromatic N) is 5. The summed E-state index contributed by atoms with van der Waals surface area (Å²) < 4.78 is 7.57. The first-order chi connectivity index (χ1) is 13.3. The summed E-state index contributed by atoms with van der Waals surface area (Å²) in [4.78, 5) is 7.43. The number of nitrogens with one attached hydrogen (secondary N) is 2. The SMILES string of the molecule is CC=CC=CC(Nc1ccc2[nH]cnc2c1)c1nnnn1CC1CCCO1. The minimum absolute atomic E-state index is 0.172. The number of aromatic nitrogens is 6. The second kappa shape index (κ2) is 8.13.